The molecule has 1 aromatic carbocycles. The van der Waals surface area contributed by atoms with Gasteiger partial charge in [-0.2, -0.15) is 5.26 Å². The topological polar surface area (TPSA) is 56.1 Å². The van der Waals surface area contributed by atoms with E-state index in [0.717, 1.165) is 11.3 Å². The first-order valence-electron chi connectivity index (χ1n) is 6.03. The highest BCUT2D eigenvalue weighted by atomic mass is 32.2. The molecule has 1 N–H and O–H groups in total. The molecule has 0 spiro atoms. The van der Waals surface area contributed by atoms with Crippen LogP contribution in [0, 0.1) is 11.3 Å². The summed E-state index contributed by atoms with van der Waals surface area (Å²) >= 11 is 6.22. The number of nitrogens with one attached hydrogen (secondary N) is 1. The van der Waals surface area contributed by atoms with E-state index in [1.165, 1.54) is 11.8 Å². The summed E-state index contributed by atoms with van der Waals surface area (Å²) in [5, 5.41) is 11.2. The van der Waals surface area contributed by atoms with E-state index in [0.29, 0.717) is 22.2 Å². The van der Waals surface area contributed by atoms with E-state index in [2.05, 4.69) is 11.4 Å². The average Bonchev–Trinajstić information content (AvgIpc) is 2.75. The smallest absolute Gasteiger partial charge is 0.263 e. The van der Waals surface area contributed by atoms with Gasteiger partial charge in [-0.15, -0.1) is 0 Å². The highest BCUT2D eigenvalue weighted by Gasteiger charge is 2.21. The zero-order chi connectivity index (χ0) is 14.5. The monoisotopic (exact) mass is 303 g/mol. The van der Waals surface area contributed by atoms with Gasteiger partial charge in [0.05, 0.1) is 17.4 Å². The van der Waals surface area contributed by atoms with Gasteiger partial charge >= 0.3 is 0 Å². The van der Waals surface area contributed by atoms with Crippen LogP contribution in [-0.2, 0) is 4.79 Å². The lowest BCUT2D eigenvalue weighted by Crippen LogP contribution is -2.18. The van der Waals surface area contributed by atoms with Gasteiger partial charge in [-0.1, -0.05) is 36.1 Å². The van der Waals surface area contributed by atoms with Gasteiger partial charge in [0.2, 0.25) is 0 Å². The molecule has 0 bridgehead atoms. The lowest BCUT2D eigenvalue weighted by Gasteiger charge is -2.17. The van der Waals surface area contributed by atoms with E-state index in [1.807, 2.05) is 42.3 Å². The quantitative estimate of drug-likeness (QED) is 0.684. The van der Waals surface area contributed by atoms with Crippen LogP contribution in [0.4, 0.5) is 5.69 Å². The number of nitriles is 1. The van der Waals surface area contributed by atoms with E-state index in [1.54, 1.807) is 0 Å². The van der Waals surface area contributed by atoms with Crippen LogP contribution in [0.5, 0.6) is 0 Å². The maximum Gasteiger partial charge on any atom is 0.263 e. The maximum absolute atomic E-state index is 11.6. The maximum atomic E-state index is 11.6. The van der Waals surface area contributed by atoms with Crippen molar-refractivity contribution in [2.75, 3.05) is 18.5 Å². The standard InChI is InChI=1S/C14H13N3OS2/c1-17(8-2-7-15)11-5-3-10(4-6-11)9-12-13(18)16-14(19)20-12/h3-6,9H,2,8H2,1H3,(H,16,18,19)/b12-9+. The van der Waals surface area contributed by atoms with Crippen molar-refractivity contribution < 1.29 is 4.79 Å². The van der Waals surface area contributed by atoms with Gasteiger partial charge < -0.3 is 10.2 Å². The molecular weight excluding hydrogens is 290 g/mol. The van der Waals surface area contributed by atoms with Gasteiger partial charge in [0.25, 0.3) is 5.91 Å². The normalized spacial score (nSPS) is 16.1. The van der Waals surface area contributed by atoms with Crippen LogP contribution in [0.15, 0.2) is 29.2 Å². The van der Waals surface area contributed by atoms with Crippen LogP contribution in [0.1, 0.15) is 12.0 Å². The van der Waals surface area contributed by atoms with Crippen LogP contribution in [-0.4, -0.2) is 23.8 Å². The second-order valence-electron chi connectivity index (χ2n) is 4.27. The molecule has 1 aliphatic heterocycles. The van der Waals surface area contributed by atoms with E-state index in [9.17, 15) is 4.79 Å². The van der Waals surface area contributed by atoms with Crippen LogP contribution >= 0.6 is 24.0 Å². The van der Waals surface area contributed by atoms with Crippen LogP contribution in [0.3, 0.4) is 0 Å². The zero-order valence-corrected chi connectivity index (χ0v) is 12.6. The summed E-state index contributed by atoms with van der Waals surface area (Å²) in [7, 11) is 1.95. The largest absolute Gasteiger partial charge is 0.374 e. The van der Waals surface area contributed by atoms with Crippen LogP contribution in [0.25, 0.3) is 6.08 Å². The fourth-order valence-corrected chi connectivity index (χ4v) is 2.79. The summed E-state index contributed by atoms with van der Waals surface area (Å²) < 4.78 is 0.495. The summed E-state index contributed by atoms with van der Waals surface area (Å²) in [5.74, 6) is -0.143. The van der Waals surface area contributed by atoms with Crippen molar-refractivity contribution in [3.05, 3.63) is 34.7 Å². The molecule has 0 unspecified atom stereocenters. The van der Waals surface area contributed by atoms with Gasteiger partial charge in [0.15, 0.2) is 0 Å². The molecule has 0 aromatic heterocycles. The number of benzene rings is 1. The minimum atomic E-state index is -0.143. The summed E-state index contributed by atoms with van der Waals surface area (Å²) in [4.78, 5) is 14.2. The van der Waals surface area contributed by atoms with E-state index >= 15 is 0 Å². The van der Waals surface area contributed by atoms with E-state index in [4.69, 9.17) is 17.5 Å². The Morgan fingerprint density at radius 3 is 2.70 bits per heavy atom. The molecule has 6 heteroatoms. The molecule has 0 atom stereocenters. The Balaban J connectivity index is 2.09. The fourth-order valence-electron chi connectivity index (χ4n) is 1.74. The van der Waals surface area contributed by atoms with Crippen LogP contribution < -0.4 is 10.2 Å². The van der Waals surface area contributed by atoms with Crippen molar-refractivity contribution in [2.45, 2.75) is 6.42 Å². The number of carbonyl (C=O) groups is 1. The number of amides is 1. The first kappa shape index (κ1) is 14.6. The molecule has 20 heavy (non-hydrogen) atoms. The SMILES string of the molecule is CN(CCC#N)c1ccc(/C=C2/SC(=S)NC2=O)cc1. The minimum absolute atomic E-state index is 0.143. The number of thioether (sulfide) groups is 1. The van der Waals surface area contributed by atoms with Gasteiger partial charge in [-0.25, -0.2) is 0 Å². The van der Waals surface area contributed by atoms with Crippen molar-refractivity contribution in [3.63, 3.8) is 0 Å². The fraction of sp³-hybridized carbons (Fsp3) is 0.214. The van der Waals surface area contributed by atoms with Crippen molar-refractivity contribution >= 4 is 46.0 Å². The van der Waals surface area contributed by atoms with Crippen molar-refractivity contribution in [2.24, 2.45) is 0 Å². The molecule has 1 fully saturated rings. The molecule has 0 radical (unpaired) electrons. The minimum Gasteiger partial charge on any atom is -0.374 e. The molecule has 102 valence electrons. The summed E-state index contributed by atoms with van der Waals surface area (Å²) in [6.07, 6.45) is 2.31. The molecule has 1 aromatic rings. The third-order valence-corrected chi connectivity index (χ3v) is 4.00. The Labute approximate surface area is 127 Å². The zero-order valence-electron chi connectivity index (χ0n) is 10.9. The van der Waals surface area contributed by atoms with E-state index < -0.39 is 0 Å². The van der Waals surface area contributed by atoms with Crippen molar-refractivity contribution in [1.82, 2.24) is 5.32 Å². The lowest BCUT2D eigenvalue weighted by atomic mass is 10.2. The Bertz CT molecular complexity index is 602. The van der Waals surface area contributed by atoms with Gasteiger partial charge in [0, 0.05) is 19.3 Å². The average molecular weight is 303 g/mol. The lowest BCUT2D eigenvalue weighted by molar-refractivity contribution is -0.115. The molecule has 2 rings (SSSR count). The van der Waals surface area contributed by atoms with Crippen molar-refractivity contribution in [1.29, 1.82) is 5.26 Å². The highest BCUT2D eigenvalue weighted by molar-refractivity contribution is 8.26. The number of hydrogen-bond acceptors (Lipinski definition) is 5. The van der Waals surface area contributed by atoms with E-state index in [-0.39, 0.29) is 5.91 Å². The second-order valence-corrected chi connectivity index (χ2v) is 5.99. The first-order chi connectivity index (χ1) is 9.60. The third kappa shape index (κ3) is 3.59. The third-order valence-electron chi connectivity index (χ3n) is 2.83. The number of anilines is 1. The predicted molar refractivity (Wildman–Crippen MR) is 86.3 cm³/mol. The molecule has 1 heterocycles. The number of nitrogens with zero attached hydrogens (tertiary/aromatic N) is 2. The van der Waals surface area contributed by atoms with Crippen LogP contribution in [0.2, 0.25) is 0 Å². The van der Waals surface area contributed by atoms with Gasteiger partial charge in [0.1, 0.15) is 4.32 Å². The molecule has 0 saturated carbocycles. The summed E-state index contributed by atoms with van der Waals surface area (Å²) in [6, 6.07) is 9.96. The molecule has 1 amide bonds. The molecule has 1 saturated heterocycles. The number of carbonyl (C=O) groups excluding carboxylic acids is 1. The summed E-state index contributed by atoms with van der Waals surface area (Å²) in [6.45, 7) is 0.698. The van der Waals surface area contributed by atoms with Gasteiger partial charge in [-0.3, -0.25) is 4.79 Å². The van der Waals surface area contributed by atoms with Crippen molar-refractivity contribution in [3.8, 4) is 6.07 Å². The molecule has 4 nitrogen and oxygen atoms in total. The van der Waals surface area contributed by atoms with Gasteiger partial charge in [-0.05, 0) is 23.8 Å². The Hall–Kier alpha value is -1.84. The molecule has 0 aliphatic carbocycles. The number of rotatable bonds is 4. The molecular formula is C14H13N3OS2. The summed E-state index contributed by atoms with van der Waals surface area (Å²) in [5.41, 5.74) is 1.99. The number of hydrogen-bond donors (Lipinski definition) is 1. The predicted octanol–water partition coefficient (Wildman–Crippen LogP) is 2.53. The highest BCUT2D eigenvalue weighted by Crippen LogP contribution is 2.26. The Kier molecular flexibility index (Phi) is 4.77. The number of thiocarbonyl (C=S) groups is 1. The Morgan fingerprint density at radius 1 is 1.45 bits per heavy atom. The first-order valence-corrected chi connectivity index (χ1v) is 7.25. The Morgan fingerprint density at radius 2 is 2.15 bits per heavy atom. The second kappa shape index (κ2) is 6.55. The molecule has 1 aliphatic rings.